The third kappa shape index (κ3) is 10.1. The van der Waals surface area contributed by atoms with Gasteiger partial charge in [0, 0.05) is 55.3 Å². The number of nitrogens with zero attached hydrogens (tertiary/aromatic N) is 3. The number of carboxylic acid groups (broad SMARTS) is 1. The van der Waals surface area contributed by atoms with E-state index in [9.17, 15) is 27.6 Å². The monoisotopic (exact) mass is 671 g/mol. The van der Waals surface area contributed by atoms with Crippen molar-refractivity contribution in [3.05, 3.63) is 65.5 Å². The normalized spacial score (nSPS) is 17.4. The summed E-state index contributed by atoms with van der Waals surface area (Å²) < 4.78 is 37.9. The lowest BCUT2D eigenvalue weighted by molar-refractivity contribution is -0.138. The van der Waals surface area contributed by atoms with E-state index in [1.165, 1.54) is 12.2 Å². The van der Waals surface area contributed by atoms with Crippen LogP contribution in [0.2, 0.25) is 0 Å². The predicted molar refractivity (Wildman–Crippen MR) is 179 cm³/mol. The van der Waals surface area contributed by atoms with Crippen LogP contribution in [-0.4, -0.2) is 83.6 Å². The number of amides is 4. The second kappa shape index (κ2) is 16.1. The fraction of sp³-hybridized carbons (Fsp3) is 0.471. The molecule has 1 aromatic carbocycles. The Labute approximate surface area is 276 Å². The van der Waals surface area contributed by atoms with Crippen LogP contribution in [0, 0.1) is 5.41 Å². The van der Waals surface area contributed by atoms with Gasteiger partial charge in [0.15, 0.2) is 0 Å². The first-order chi connectivity index (χ1) is 22.1. The smallest absolute Gasteiger partial charge is 0.333 e. The first kappa shape index (κ1) is 37.2. The number of unbranched alkanes of at least 4 members (excludes halogenated alkanes) is 2. The van der Waals surface area contributed by atoms with Crippen molar-refractivity contribution in [1.82, 2.24) is 9.80 Å². The van der Waals surface area contributed by atoms with Gasteiger partial charge in [0.1, 0.15) is 17.1 Å². The van der Waals surface area contributed by atoms with Gasteiger partial charge in [0.2, 0.25) is 0 Å². The molecule has 0 radical (unpaired) electrons. The van der Waals surface area contributed by atoms with Crippen LogP contribution in [0.5, 0.6) is 5.75 Å². The highest BCUT2D eigenvalue weighted by molar-refractivity contribution is 7.85. The quantitative estimate of drug-likeness (QED) is 0.106. The van der Waals surface area contributed by atoms with Crippen LogP contribution < -0.4 is 9.64 Å². The third-order valence-electron chi connectivity index (χ3n) is 7.77. The lowest BCUT2D eigenvalue weighted by atomic mass is 9.89. The number of anilines is 1. The van der Waals surface area contributed by atoms with Crippen molar-refractivity contribution in [2.75, 3.05) is 36.8 Å². The molecule has 0 unspecified atom stereocenters. The highest BCUT2D eigenvalue weighted by Crippen LogP contribution is 2.41. The number of urea groups is 1. The van der Waals surface area contributed by atoms with Crippen LogP contribution in [0.3, 0.4) is 0 Å². The number of fused-ring (bicyclic) bond motifs is 1. The minimum absolute atomic E-state index is 0.0445. The predicted octanol–water partition coefficient (Wildman–Crippen LogP) is 5.43. The van der Waals surface area contributed by atoms with E-state index in [2.05, 4.69) is 39.5 Å². The molecule has 1 aromatic rings. The summed E-state index contributed by atoms with van der Waals surface area (Å²) in [7, 11) is -4.32. The molecule has 3 rings (SSSR count). The number of ether oxygens (including phenoxy) is 1. The van der Waals surface area contributed by atoms with E-state index in [0.29, 0.717) is 19.3 Å². The number of allylic oxidation sites excluding steroid dienone is 7. The molecular weight excluding hydrogens is 626 g/mol. The molecule has 256 valence electrons. The molecule has 0 aromatic heterocycles. The molecule has 0 aliphatic carbocycles. The van der Waals surface area contributed by atoms with E-state index in [4.69, 9.17) is 14.4 Å². The molecule has 4 amide bonds. The van der Waals surface area contributed by atoms with Crippen LogP contribution in [0.15, 0.2) is 59.9 Å². The standard InChI is InChI=1S/C34H45N3O9S/c1-6-35(7-2)25-17-18-26-24(22-29(34(3,4)5)46-28(26)23-25)14-10-11-15-27-31(40)36(19-12-8-9-16-30(38)39)33(42)37(32(27)41)20-13-21-47(43,44)45/h10-11,14-15,17-18,22-23H,6-9,12-13,16,19-21H2,1-5H3,(H,38,39)(H,43,44,45)/b11-10+,24-14?,27-15?. The summed E-state index contributed by atoms with van der Waals surface area (Å²) in [5, 5.41) is 8.86. The van der Waals surface area contributed by atoms with Gasteiger partial charge in [-0.2, -0.15) is 8.42 Å². The van der Waals surface area contributed by atoms with Gasteiger partial charge >= 0.3 is 12.0 Å². The van der Waals surface area contributed by atoms with E-state index in [0.717, 1.165) is 51.2 Å². The molecule has 13 heteroatoms. The molecule has 0 saturated carbocycles. The van der Waals surface area contributed by atoms with Crippen molar-refractivity contribution in [3.63, 3.8) is 0 Å². The lowest BCUT2D eigenvalue weighted by Gasteiger charge is -2.33. The molecule has 12 nitrogen and oxygen atoms in total. The maximum Gasteiger partial charge on any atom is 0.333 e. The highest BCUT2D eigenvalue weighted by Gasteiger charge is 2.41. The van der Waals surface area contributed by atoms with Gasteiger partial charge in [-0.3, -0.25) is 28.7 Å². The zero-order valence-electron chi connectivity index (χ0n) is 27.7. The van der Waals surface area contributed by atoms with Crippen molar-refractivity contribution in [2.24, 2.45) is 5.41 Å². The second-order valence-electron chi connectivity index (χ2n) is 12.3. The van der Waals surface area contributed by atoms with E-state index < -0.39 is 39.7 Å². The van der Waals surface area contributed by atoms with Gasteiger partial charge in [-0.15, -0.1) is 0 Å². The number of hydrogen-bond acceptors (Lipinski definition) is 8. The summed E-state index contributed by atoms with van der Waals surface area (Å²) in [4.78, 5) is 54.5. The number of aliphatic carboxylic acids is 1. The summed E-state index contributed by atoms with van der Waals surface area (Å²) in [5.41, 5.74) is 2.22. The molecule has 1 saturated heterocycles. The van der Waals surface area contributed by atoms with E-state index >= 15 is 0 Å². The maximum atomic E-state index is 13.3. The molecular formula is C34H45N3O9S. The average molecular weight is 672 g/mol. The van der Waals surface area contributed by atoms with Crippen LogP contribution in [0.4, 0.5) is 10.5 Å². The zero-order valence-corrected chi connectivity index (χ0v) is 28.5. The summed E-state index contributed by atoms with van der Waals surface area (Å²) in [6.07, 6.45) is 9.19. The fourth-order valence-corrected chi connectivity index (χ4v) is 5.67. The Balaban J connectivity index is 1.92. The van der Waals surface area contributed by atoms with Gasteiger partial charge in [0.25, 0.3) is 21.9 Å². The number of carbonyl (C=O) groups excluding carboxylic acids is 3. The van der Waals surface area contributed by atoms with E-state index in [-0.39, 0.29) is 36.9 Å². The van der Waals surface area contributed by atoms with E-state index in [1.807, 2.05) is 30.4 Å². The molecule has 2 N–H and O–H groups in total. The number of hydrogen-bond donors (Lipinski definition) is 2. The van der Waals surface area contributed by atoms with Crippen LogP contribution in [0.1, 0.15) is 72.3 Å². The molecule has 1 fully saturated rings. The highest BCUT2D eigenvalue weighted by atomic mass is 32.2. The second-order valence-corrected chi connectivity index (χ2v) is 13.9. The van der Waals surface area contributed by atoms with Gasteiger partial charge in [-0.25, -0.2) is 4.79 Å². The number of rotatable bonds is 15. The topological polar surface area (TPSA) is 162 Å². The Hall–Kier alpha value is -4.23. The fourth-order valence-electron chi connectivity index (χ4n) is 5.17. The molecule has 0 bridgehead atoms. The Morgan fingerprint density at radius 1 is 0.936 bits per heavy atom. The largest absolute Gasteiger partial charge is 0.481 e. The van der Waals surface area contributed by atoms with Crippen molar-refractivity contribution in [1.29, 1.82) is 0 Å². The summed E-state index contributed by atoms with van der Waals surface area (Å²) in [6.45, 7) is 11.7. The lowest BCUT2D eigenvalue weighted by Crippen LogP contribution is -2.56. The molecule has 2 aliphatic heterocycles. The molecule has 2 heterocycles. The Morgan fingerprint density at radius 2 is 1.55 bits per heavy atom. The first-order valence-corrected chi connectivity index (χ1v) is 17.4. The van der Waals surface area contributed by atoms with Crippen molar-refractivity contribution >= 4 is 45.2 Å². The molecule has 47 heavy (non-hydrogen) atoms. The van der Waals surface area contributed by atoms with Crippen LogP contribution in [0.25, 0.3) is 5.57 Å². The Bertz CT molecular complexity index is 1600. The van der Waals surface area contributed by atoms with Crippen molar-refractivity contribution < 1.29 is 42.0 Å². The SMILES string of the molecule is CCN(CC)c1ccc2c(c1)OC(C(C)(C)C)=CC2=C/C=C/C=C1C(=O)N(CCCCCC(=O)O)C(=O)N(CCCS(=O)(=O)O)C1=O. The van der Waals surface area contributed by atoms with Crippen LogP contribution >= 0.6 is 0 Å². The minimum Gasteiger partial charge on any atom is -0.481 e. The maximum absolute atomic E-state index is 13.3. The van der Waals surface area contributed by atoms with Crippen molar-refractivity contribution in [3.8, 4) is 5.75 Å². The number of imide groups is 2. The Morgan fingerprint density at radius 3 is 2.13 bits per heavy atom. The zero-order chi connectivity index (χ0) is 34.9. The van der Waals surface area contributed by atoms with Gasteiger partial charge in [-0.05, 0) is 63.0 Å². The summed E-state index contributed by atoms with van der Waals surface area (Å²) >= 11 is 0. The third-order valence-corrected chi connectivity index (χ3v) is 8.57. The molecule has 0 atom stereocenters. The summed E-state index contributed by atoms with van der Waals surface area (Å²) in [5.74, 6) is -1.78. The van der Waals surface area contributed by atoms with Gasteiger partial charge in [-0.1, -0.05) is 45.4 Å². The molecule has 2 aliphatic rings. The average Bonchev–Trinajstić information content (AvgIpc) is 2.98. The number of carboxylic acids is 1. The van der Waals surface area contributed by atoms with Gasteiger partial charge < -0.3 is 14.7 Å². The number of benzene rings is 1. The first-order valence-electron chi connectivity index (χ1n) is 15.8. The van der Waals surface area contributed by atoms with Gasteiger partial charge in [0.05, 0.1) is 5.75 Å². The minimum atomic E-state index is -4.32. The van der Waals surface area contributed by atoms with Crippen LogP contribution in [-0.2, 0) is 24.5 Å². The Kier molecular flexibility index (Phi) is 12.7. The number of barbiturate groups is 1. The molecule has 0 spiro atoms. The number of carbonyl (C=O) groups is 4. The summed E-state index contributed by atoms with van der Waals surface area (Å²) in [6, 6.07) is 5.16. The van der Waals surface area contributed by atoms with Crippen molar-refractivity contribution in [2.45, 2.75) is 66.7 Å². The van der Waals surface area contributed by atoms with E-state index in [1.54, 1.807) is 6.08 Å².